The summed E-state index contributed by atoms with van der Waals surface area (Å²) < 4.78 is 28.2. The number of hydrogen-bond donors (Lipinski definition) is 2. The number of rotatable bonds is 7. The second kappa shape index (κ2) is 8.94. The zero-order valence-electron chi connectivity index (χ0n) is 17.9. The van der Waals surface area contributed by atoms with E-state index >= 15 is 0 Å². The van der Waals surface area contributed by atoms with Gasteiger partial charge in [-0.2, -0.15) is 0 Å². The van der Waals surface area contributed by atoms with Crippen LogP contribution >= 0.6 is 0 Å². The minimum Gasteiger partial charge on any atom is -0.478 e. The molecule has 31 heavy (non-hydrogen) atoms. The van der Waals surface area contributed by atoms with Crippen LogP contribution in [-0.2, 0) is 28.3 Å². The zero-order chi connectivity index (χ0) is 22.6. The van der Waals surface area contributed by atoms with Gasteiger partial charge >= 0.3 is 5.97 Å². The van der Waals surface area contributed by atoms with E-state index in [0.29, 0.717) is 18.5 Å². The summed E-state index contributed by atoms with van der Waals surface area (Å²) in [5.41, 5.74) is 3.66. The van der Waals surface area contributed by atoms with Crippen LogP contribution < -0.4 is 4.72 Å². The minimum atomic E-state index is -3.69. The molecule has 6 heteroatoms. The molecule has 0 saturated carbocycles. The second-order valence-corrected chi connectivity index (χ2v) is 10.3. The number of sulfonamides is 1. The quantitative estimate of drug-likeness (QED) is 0.528. The minimum absolute atomic E-state index is 0.0476. The molecule has 0 atom stereocenters. The van der Waals surface area contributed by atoms with Crippen LogP contribution in [0, 0.1) is 0 Å². The summed E-state index contributed by atoms with van der Waals surface area (Å²) in [5, 5.41) is 9.12. The molecule has 0 aromatic heterocycles. The van der Waals surface area contributed by atoms with Crippen LogP contribution in [-0.4, -0.2) is 19.5 Å². The number of carbonyl (C=O) groups is 1. The van der Waals surface area contributed by atoms with Crippen molar-refractivity contribution in [2.24, 2.45) is 0 Å². The highest BCUT2D eigenvalue weighted by atomic mass is 32.2. The smallest absolute Gasteiger partial charge is 0.335 e. The summed E-state index contributed by atoms with van der Waals surface area (Å²) in [7, 11) is -3.69. The van der Waals surface area contributed by atoms with Crippen molar-refractivity contribution < 1.29 is 18.3 Å². The SMILES string of the molecule is CC(C)(C)c1ccc(S(=O)(=O)Nc2cccc(CCc3cccc(C(=O)O)c3)c2)cc1. The Hall–Kier alpha value is -3.12. The maximum atomic E-state index is 12.8. The van der Waals surface area contributed by atoms with E-state index in [2.05, 4.69) is 25.5 Å². The second-order valence-electron chi connectivity index (χ2n) is 8.59. The first kappa shape index (κ1) is 22.6. The molecule has 0 spiro atoms. The van der Waals surface area contributed by atoms with Gasteiger partial charge in [-0.05, 0) is 71.3 Å². The maximum absolute atomic E-state index is 12.8. The van der Waals surface area contributed by atoms with E-state index in [9.17, 15) is 13.2 Å². The Kier molecular flexibility index (Phi) is 6.51. The van der Waals surface area contributed by atoms with Crippen LogP contribution in [0.5, 0.6) is 0 Å². The van der Waals surface area contributed by atoms with Crippen molar-refractivity contribution >= 4 is 21.7 Å². The summed E-state index contributed by atoms with van der Waals surface area (Å²) in [6, 6.07) is 21.1. The third-order valence-corrected chi connectivity index (χ3v) is 6.48. The molecule has 0 fully saturated rings. The number of benzene rings is 3. The van der Waals surface area contributed by atoms with Crippen molar-refractivity contribution in [3.8, 4) is 0 Å². The lowest BCUT2D eigenvalue weighted by atomic mass is 9.87. The van der Waals surface area contributed by atoms with Gasteiger partial charge in [0.2, 0.25) is 0 Å². The Morgan fingerprint density at radius 2 is 1.45 bits per heavy atom. The average molecular weight is 438 g/mol. The Morgan fingerprint density at radius 1 is 0.871 bits per heavy atom. The first-order chi connectivity index (χ1) is 14.5. The number of aromatic carboxylic acids is 1. The molecular weight excluding hydrogens is 410 g/mol. The predicted molar refractivity (Wildman–Crippen MR) is 123 cm³/mol. The van der Waals surface area contributed by atoms with Crippen LogP contribution in [0.2, 0.25) is 0 Å². The number of carboxylic acids is 1. The summed E-state index contributed by atoms with van der Waals surface area (Å²) in [6.07, 6.45) is 1.32. The monoisotopic (exact) mass is 437 g/mol. The summed E-state index contributed by atoms with van der Waals surface area (Å²) in [6.45, 7) is 6.24. The summed E-state index contributed by atoms with van der Waals surface area (Å²) in [4.78, 5) is 11.3. The molecule has 0 bridgehead atoms. The molecule has 3 aromatic carbocycles. The van der Waals surface area contributed by atoms with E-state index in [4.69, 9.17) is 5.11 Å². The lowest BCUT2D eigenvalue weighted by Gasteiger charge is -2.19. The van der Waals surface area contributed by atoms with Crippen LogP contribution in [0.15, 0.2) is 77.7 Å². The third kappa shape index (κ3) is 5.95. The van der Waals surface area contributed by atoms with E-state index in [0.717, 1.165) is 16.7 Å². The summed E-state index contributed by atoms with van der Waals surface area (Å²) in [5.74, 6) is -0.950. The number of carboxylic acid groups (broad SMARTS) is 1. The molecule has 0 aliphatic carbocycles. The maximum Gasteiger partial charge on any atom is 0.335 e. The number of nitrogens with one attached hydrogen (secondary N) is 1. The van der Waals surface area contributed by atoms with Crippen LogP contribution in [0.3, 0.4) is 0 Å². The predicted octanol–water partition coefficient (Wildman–Crippen LogP) is 5.27. The largest absolute Gasteiger partial charge is 0.478 e. The number of hydrogen-bond acceptors (Lipinski definition) is 3. The van der Waals surface area contributed by atoms with Crippen LogP contribution in [0.25, 0.3) is 0 Å². The van der Waals surface area contributed by atoms with Crippen molar-refractivity contribution in [3.05, 3.63) is 95.1 Å². The number of aryl methyl sites for hydroxylation is 2. The van der Waals surface area contributed by atoms with Gasteiger partial charge in [0.1, 0.15) is 0 Å². The molecule has 0 heterocycles. The van der Waals surface area contributed by atoms with Crippen molar-refractivity contribution in [3.63, 3.8) is 0 Å². The first-order valence-electron chi connectivity index (χ1n) is 10.1. The molecule has 3 aromatic rings. The average Bonchev–Trinajstić information content (AvgIpc) is 2.72. The van der Waals surface area contributed by atoms with Crippen LogP contribution in [0.4, 0.5) is 5.69 Å². The van der Waals surface area contributed by atoms with E-state index in [1.807, 2.05) is 36.4 Å². The molecule has 0 aliphatic rings. The Morgan fingerprint density at radius 3 is 2.03 bits per heavy atom. The zero-order valence-corrected chi connectivity index (χ0v) is 18.7. The van der Waals surface area contributed by atoms with E-state index in [1.165, 1.54) is 0 Å². The fourth-order valence-electron chi connectivity index (χ4n) is 3.29. The molecule has 3 rings (SSSR count). The highest BCUT2D eigenvalue weighted by Gasteiger charge is 2.18. The Balaban J connectivity index is 1.71. The molecule has 0 unspecified atom stereocenters. The third-order valence-electron chi connectivity index (χ3n) is 5.09. The van der Waals surface area contributed by atoms with Gasteiger partial charge in [-0.25, -0.2) is 13.2 Å². The lowest BCUT2D eigenvalue weighted by Crippen LogP contribution is -2.15. The van der Waals surface area contributed by atoms with Crippen molar-refractivity contribution in [1.82, 2.24) is 0 Å². The fraction of sp³-hybridized carbons (Fsp3) is 0.240. The lowest BCUT2D eigenvalue weighted by molar-refractivity contribution is 0.0696. The van der Waals surface area contributed by atoms with Gasteiger partial charge in [-0.15, -0.1) is 0 Å². The highest BCUT2D eigenvalue weighted by molar-refractivity contribution is 7.92. The molecule has 5 nitrogen and oxygen atoms in total. The fourth-order valence-corrected chi connectivity index (χ4v) is 4.34. The molecule has 0 radical (unpaired) electrons. The first-order valence-corrected chi connectivity index (χ1v) is 11.6. The van der Waals surface area contributed by atoms with Gasteiger partial charge in [0.05, 0.1) is 10.5 Å². The standard InChI is InChI=1S/C25H27NO4S/c1-25(2,3)21-12-14-23(15-13-21)31(29,30)26-22-9-5-7-19(17-22)11-10-18-6-4-8-20(16-18)24(27)28/h4-9,12-17,26H,10-11H2,1-3H3,(H,27,28). The van der Waals surface area contributed by atoms with Crippen molar-refractivity contribution in [1.29, 1.82) is 0 Å². The van der Waals surface area contributed by atoms with Gasteiger partial charge in [0, 0.05) is 5.69 Å². The van der Waals surface area contributed by atoms with E-state index < -0.39 is 16.0 Å². The molecule has 0 aliphatic heterocycles. The van der Waals surface area contributed by atoms with Crippen molar-refractivity contribution in [2.75, 3.05) is 4.72 Å². The molecule has 162 valence electrons. The molecule has 0 amide bonds. The Labute approximate surface area is 183 Å². The van der Waals surface area contributed by atoms with Gasteiger partial charge in [-0.3, -0.25) is 4.72 Å². The topological polar surface area (TPSA) is 83.5 Å². The summed E-state index contributed by atoms with van der Waals surface area (Å²) >= 11 is 0. The molecule has 0 saturated heterocycles. The Bertz CT molecular complexity index is 1180. The number of anilines is 1. The van der Waals surface area contributed by atoms with Crippen molar-refractivity contribution in [2.45, 2.75) is 43.9 Å². The van der Waals surface area contributed by atoms with Gasteiger partial charge in [0.25, 0.3) is 10.0 Å². The van der Waals surface area contributed by atoms with E-state index in [-0.39, 0.29) is 15.9 Å². The normalized spacial score (nSPS) is 11.8. The molecule has 2 N–H and O–H groups in total. The van der Waals surface area contributed by atoms with E-state index in [1.54, 1.807) is 36.4 Å². The van der Waals surface area contributed by atoms with Gasteiger partial charge in [-0.1, -0.05) is 57.2 Å². The molecular formula is C25H27NO4S. The van der Waals surface area contributed by atoms with Gasteiger partial charge < -0.3 is 5.11 Å². The van der Waals surface area contributed by atoms with Crippen LogP contribution in [0.1, 0.15) is 47.8 Å². The highest BCUT2D eigenvalue weighted by Crippen LogP contribution is 2.24. The van der Waals surface area contributed by atoms with Gasteiger partial charge in [0.15, 0.2) is 0 Å².